The van der Waals surface area contributed by atoms with Crippen molar-refractivity contribution >= 4 is 33.4 Å². The Labute approximate surface area is 174 Å². The van der Waals surface area contributed by atoms with Crippen molar-refractivity contribution in [3.8, 4) is 5.75 Å². The highest BCUT2D eigenvalue weighted by Gasteiger charge is 2.17. The number of carbonyl (C=O) groups excluding carboxylic acids is 2. The molecule has 2 aromatic rings. The molecule has 0 aromatic heterocycles. The van der Waals surface area contributed by atoms with Gasteiger partial charge < -0.3 is 15.4 Å². The number of anilines is 1. The van der Waals surface area contributed by atoms with Crippen LogP contribution in [0.1, 0.15) is 48.9 Å². The monoisotopic (exact) mass is 444 g/mol. The van der Waals surface area contributed by atoms with Crippen molar-refractivity contribution in [1.82, 2.24) is 5.32 Å². The third-order valence-electron chi connectivity index (χ3n) is 4.73. The van der Waals surface area contributed by atoms with E-state index in [2.05, 4.69) is 26.6 Å². The molecule has 1 fully saturated rings. The lowest BCUT2D eigenvalue weighted by atomic mass is 10.1. The van der Waals surface area contributed by atoms with Gasteiger partial charge in [-0.05, 0) is 61.7 Å². The zero-order valence-corrected chi connectivity index (χ0v) is 17.3. The van der Waals surface area contributed by atoms with Crippen molar-refractivity contribution in [1.29, 1.82) is 0 Å². The molecule has 0 bridgehead atoms. The second-order valence-corrected chi connectivity index (χ2v) is 7.91. The Kier molecular flexibility index (Phi) is 7.48. The average molecular weight is 445 g/mol. The Balaban J connectivity index is 1.38. The van der Waals surface area contributed by atoms with Crippen LogP contribution in [0.2, 0.25) is 0 Å². The van der Waals surface area contributed by atoms with Crippen molar-refractivity contribution in [3.05, 3.63) is 58.6 Å². The molecular formula is C22H25BrN2O3. The Morgan fingerprint density at radius 2 is 1.82 bits per heavy atom. The van der Waals surface area contributed by atoms with Crippen molar-refractivity contribution in [2.75, 3.05) is 11.9 Å². The molecule has 28 heavy (non-hydrogen) atoms. The van der Waals surface area contributed by atoms with Crippen LogP contribution in [-0.4, -0.2) is 24.5 Å². The first-order valence-electron chi connectivity index (χ1n) is 9.69. The van der Waals surface area contributed by atoms with E-state index in [9.17, 15) is 9.59 Å². The fraction of sp³-hybridized carbons (Fsp3) is 0.364. The van der Waals surface area contributed by atoms with E-state index in [1.165, 1.54) is 12.8 Å². The van der Waals surface area contributed by atoms with E-state index in [1.54, 1.807) is 24.3 Å². The van der Waals surface area contributed by atoms with Crippen LogP contribution < -0.4 is 15.4 Å². The molecule has 0 aliphatic heterocycles. The first-order valence-corrected chi connectivity index (χ1v) is 10.5. The lowest BCUT2D eigenvalue weighted by Crippen LogP contribution is -2.32. The predicted molar refractivity (Wildman–Crippen MR) is 114 cm³/mol. The van der Waals surface area contributed by atoms with E-state index < -0.39 is 0 Å². The molecule has 0 heterocycles. The van der Waals surface area contributed by atoms with Gasteiger partial charge in [0.2, 0.25) is 5.91 Å². The van der Waals surface area contributed by atoms with Crippen LogP contribution >= 0.6 is 15.9 Å². The van der Waals surface area contributed by atoms with Crippen LogP contribution in [0.15, 0.2) is 53.0 Å². The maximum absolute atomic E-state index is 12.2. The van der Waals surface area contributed by atoms with Gasteiger partial charge in [-0.1, -0.05) is 34.8 Å². The Morgan fingerprint density at radius 3 is 2.54 bits per heavy atom. The summed E-state index contributed by atoms with van der Waals surface area (Å²) >= 11 is 3.40. The number of rotatable bonds is 8. The van der Waals surface area contributed by atoms with Gasteiger partial charge >= 0.3 is 0 Å². The highest BCUT2D eigenvalue weighted by molar-refractivity contribution is 9.10. The number of carbonyl (C=O) groups is 2. The summed E-state index contributed by atoms with van der Waals surface area (Å²) in [5.74, 6) is 0.664. The van der Waals surface area contributed by atoms with Crippen LogP contribution in [-0.2, 0) is 4.79 Å². The molecule has 2 aromatic carbocycles. The fourth-order valence-electron chi connectivity index (χ4n) is 3.25. The first-order chi connectivity index (χ1) is 13.6. The molecule has 148 valence electrons. The molecule has 2 N–H and O–H groups in total. The van der Waals surface area contributed by atoms with E-state index in [-0.39, 0.29) is 11.8 Å². The SMILES string of the molecule is O=C(CCCOc1cccc(Br)c1)Nc1ccc(C(=O)NC2CCCC2)cc1. The fourth-order valence-corrected chi connectivity index (χ4v) is 3.63. The van der Waals surface area contributed by atoms with Crippen LogP contribution in [0.5, 0.6) is 5.75 Å². The van der Waals surface area contributed by atoms with Gasteiger partial charge in [-0.15, -0.1) is 0 Å². The molecule has 1 aliphatic rings. The summed E-state index contributed by atoms with van der Waals surface area (Å²) in [6.45, 7) is 0.476. The van der Waals surface area contributed by atoms with E-state index in [4.69, 9.17) is 4.74 Å². The molecular weight excluding hydrogens is 420 g/mol. The molecule has 5 nitrogen and oxygen atoms in total. The Bertz CT molecular complexity index is 802. The Morgan fingerprint density at radius 1 is 1.07 bits per heavy atom. The van der Waals surface area contributed by atoms with Gasteiger partial charge in [0.1, 0.15) is 5.75 Å². The minimum Gasteiger partial charge on any atom is -0.494 e. The van der Waals surface area contributed by atoms with E-state index >= 15 is 0 Å². The van der Waals surface area contributed by atoms with Gasteiger partial charge in [-0.2, -0.15) is 0 Å². The summed E-state index contributed by atoms with van der Waals surface area (Å²) in [7, 11) is 0. The van der Waals surface area contributed by atoms with Crippen molar-refractivity contribution in [2.24, 2.45) is 0 Å². The highest BCUT2D eigenvalue weighted by Crippen LogP contribution is 2.19. The smallest absolute Gasteiger partial charge is 0.251 e. The summed E-state index contributed by atoms with van der Waals surface area (Å²) in [6, 6.07) is 14.9. The summed E-state index contributed by atoms with van der Waals surface area (Å²) in [4.78, 5) is 24.3. The average Bonchev–Trinajstić information content (AvgIpc) is 3.19. The minimum atomic E-state index is -0.0685. The molecule has 0 atom stereocenters. The van der Waals surface area contributed by atoms with Gasteiger partial charge in [-0.25, -0.2) is 0 Å². The molecule has 1 saturated carbocycles. The largest absolute Gasteiger partial charge is 0.494 e. The molecule has 1 aliphatic carbocycles. The van der Waals surface area contributed by atoms with Crippen molar-refractivity contribution in [2.45, 2.75) is 44.6 Å². The summed E-state index contributed by atoms with van der Waals surface area (Å²) < 4.78 is 6.59. The van der Waals surface area contributed by atoms with Crippen LogP contribution in [0.4, 0.5) is 5.69 Å². The molecule has 2 amide bonds. The second kappa shape index (κ2) is 10.3. The first kappa shape index (κ1) is 20.4. The van der Waals surface area contributed by atoms with E-state index in [0.717, 1.165) is 23.1 Å². The number of amides is 2. The number of hydrogen-bond donors (Lipinski definition) is 2. The molecule has 6 heteroatoms. The van der Waals surface area contributed by atoms with Gasteiger partial charge in [0.25, 0.3) is 5.91 Å². The molecule has 0 saturated heterocycles. The Hall–Kier alpha value is -2.34. The summed E-state index contributed by atoms with van der Waals surface area (Å²) in [6.07, 6.45) is 5.49. The van der Waals surface area contributed by atoms with Gasteiger partial charge in [0.15, 0.2) is 0 Å². The van der Waals surface area contributed by atoms with Crippen LogP contribution in [0.25, 0.3) is 0 Å². The molecule has 3 rings (SSSR count). The number of halogens is 1. The van der Waals surface area contributed by atoms with E-state index in [0.29, 0.717) is 36.7 Å². The van der Waals surface area contributed by atoms with Crippen molar-refractivity contribution in [3.63, 3.8) is 0 Å². The zero-order valence-electron chi connectivity index (χ0n) is 15.7. The maximum Gasteiger partial charge on any atom is 0.251 e. The third-order valence-corrected chi connectivity index (χ3v) is 5.23. The second-order valence-electron chi connectivity index (χ2n) is 6.99. The van der Waals surface area contributed by atoms with Gasteiger partial charge in [0.05, 0.1) is 6.61 Å². The molecule has 0 radical (unpaired) electrons. The lowest BCUT2D eigenvalue weighted by Gasteiger charge is -2.12. The molecule has 0 unspecified atom stereocenters. The maximum atomic E-state index is 12.2. The quantitative estimate of drug-likeness (QED) is 0.567. The topological polar surface area (TPSA) is 67.4 Å². The van der Waals surface area contributed by atoms with Gasteiger partial charge in [-0.3, -0.25) is 9.59 Å². The standard InChI is InChI=1S/C22H25BrN2O3/c23-17-5-3-8-20(15-17)28-14-4-9-21(26)24-19-12-10-16(11-13-19)22(27)25-18-6-1-2-7-18/h3,5,8,10-13,15,18H,1-2,4,6-7,9,14H2,(H,24,26)(H,25,27). The zero-order chi connectivity index (χ0) is 19.8. The number of benzene rings is 2. The number of nitrogens with one attached hydrogen (secondary N) is 2. The van der Waals surface area contributed by atoms with Crippen LogP contribution in [0.3, 0.4) is 0 Å². The van der Waals surface area contributed by atoms with Crippen LogP contribution in [0, 0.1) is 0 Å². The highest BCUT2D eigenvalue weighted by atomic mass is 79.9. The van der Waals surface area contributed by atoms with Crippen molar-refractivity contribution < 1.29 is 14.3 Å². The minimum absolute atomic E-state index is 0.0468. The number of ether oxygens (including phenoxy) is 1. The van der Waals surface area contributed by atoms with Gasteiger partial charge in [0, 0.05) is 28.2 Å². The normalized spacial score (nSPS) is 13.9. The molecule has 0 spiro atoms. The third kappa shape index (κ3) is 6.37. The number of hydrogen-bond acceptors (Lipinski definition) is 3. The predicted octanol–water partition coefficient (Wildman–Crippen LogP) is 4.92. The summed E-state index contributed by atoms with van der Waals surface area (Å²) in [5.41, 5.74) is 1.31. The lowest BCUT2D eigenvalue weighted by molar-refractivity contribution is -0.116. The summed E-state index contributed by atoms with van der Waals surface area (Å²) in [5, 5.41) is 5.92. The van der Waals surface area contributed by atoms with E-state index in [1.807, 2.05) is 24.3 Å².